The maximum absolute atomic E-state index is 11.6. The first-order valence-corrected chi connectivity index (χ1v) is 7.80. The number of halogens is 1. The van der Waals surface area contributed by atoms with E-state index in [1.165, 1.54) is 0 Å². The zero-order chi connectivity index (χ0) is 17.5. The van der Waals surface area contributed by atoms with E-state index in [0.29, 0.717) is 30.4 Å². The molecule has 1 heterocycles. The molecule has 4 N–H and O–H groups in total. The van der Waals surface area contributed by atoms with Gasteiger partial charge in [-0.1, -0.05) is 13.8 Å². The molecule has 1 atom stereocenters. The van der Waals surface area contributed by atoms with Crippen molar-refractivity contribution in [1.29, 1.82) is 0 Å². The van der Waals surface area contributed by atoms with Gasteiger partial charge in [0.15, 0.2) is 11.5 Å². The van der Waals surface area contributed by atoms with Crippen molar-refractivity contribution in [1.82, 2.24) is 10.6 Å². The number of nitrogens with one attached hydrogen (secondary N) is 2. The van der Waals surface area contributed by atoms with E-state index in [0.717, 1.165) is 0 Å². The highest BCUT2D eigenvalue weighted by Crippen LogP contribution is 2.34. The fourth-order valence-corrected chi connectivity index (χ4v) is 1.98. The number of hydrogen-bond acceptors (Lipinski definition) is 6. The zero-order valence-corrected chi connectivity index (χ0v) is 15.1. The van der Waals surface area contributed by atoms with E-state index in [9.17, 15) is 9.59 Å². The van der Waals surface area contributed by atoms with Crippen molar-refractivity contribution >= 4 is 24.2 Å². The van der Waals surface area contributed by atoms with E-state index in [-0.39, 0.29) is 43.5 Å². The van der Waals surface area contributed by atoms with Crippen molar-refractivity contribution in [2.24, 2.45) is 11.7 Å². The second kappa shape index (κ2) is 9.95. The van der Waals surface area contributed by atoms with Gasteiger partial charge in [0, 0.05) is 6.07 Å². The molecule has 8 nitrogen and oxygen atoms in total. The Kier molecular flexibility index (Phi) is 8.30. The molecule has 0 aliphatic carbocycles. The molecule has 1 aliphatic rings. The van der Waals surface area contributed by atoms with Crippen LogP contribution in [0.15, 0.2) is 18.2 Å². The average Bonchev–Trinajstić information content (AvgIpc) is 3.03. The Hall–Kier alpha value is -2.19. The molecule has 0 unspecified atom stereocenters. The SMILES string of the molecule is CC(C)[C@H](N)C(=O)NCC(=O)NCCOc1ccc2c(c1)OCO2.Cl. The fourth-order valence-electron chi connectivity index (χ4n) is 1.98. The van der Waals surface area contributed by atoms with Crippen LogP contribution < -0.4 is 30.6 Å². The number of rotatable bonds is 8. The molecule has 1 aliphatic heterocycles. The molecule has 140 valence electrons. The number of nitrogens with two attached hydrogens (primary N) is 1. The summed E-state index contributed by atoms with van der Waals surface area (Å²) in [4.78, 5) is 23.3. The largest absolute Gasteiger partial charge is 0.492 e. The Labute approximate surface area is 152 Å². The number of fused-ring (bicyclic) bond motifs is 1. The molecule has 1 aromatic carbocycles. The predicted octanol–water partition coefficient (Wildman–Crippen LogP) is 0.432. The van der Waals surface area contributed by atoms with Crippen LogP contribution in [0.3, 0.4) is 0 Å². The summed E-state index contributed by atoms with van der Waals surface area (Å²) in [6, 6.07) is 4.65. The minimum absolute atomic E-state index is 0. The fraction of sp³-hybridized carbons (Fsp3) is 0.500. The van der Waals surface area contributed by atoms with Gasteiger partial charge in [-0.05, 0) is 18.1 Å². The van der Waals surface area contributed by atoms with Gasteiger partial charge in [-0.15, -0.1) is 12.4 Å². The Morgan fingerprint density at radius 1 is 1.24 bits per heavy atom. The molecule has 9 heteroatoms. The third kappa shape index (κ3) is 6.32. The van der Waals surface area contributed by atoms with Crippen LogP contribution in [0.1, 0.15) is 13.8 Å². The van der Waals surface area contributed by atoms with Gasteiger partial charge in [0.05, 0.1) is 19.1 Å². The van der Waals surface area contributed by atoms with Crippen LogP contribution in [0.2, 0.25) is 0 Å². The molecule has 0 bridgehead atoms. The monoisotopic (exact) mass is 373 g/mol. The molecule has 0 aromatic heterocycles. The smallest absolute Gasteiger partial charge is 0.239 e. The van der Waals surface area contributed by atoms with Crippen LogP contribution in [-0.2, 0) is 9.59 Å². The van der Waals surface area contributed by atoms with Crippen molar-refractivity contribution in [3.63, 3.8) is 0 Å². The number of carbonyl (C=O) groups is 2. The summed E-state index contributed by atoms with van der Waals surface area (Å²) >= 11 is 0. The average molecular weight is 374 g/mol. The first-order valence-electron chi connectivity index (χ1n) is 7.80. The van der Waals surface area contributed by atoms with Gasteiger partial charge in [-0.3, -0.25) is 9.59 Å². The third-order valence-corrected chi connectivity index (χ3v) is 3.48. The molecular formula is C16H24ClN3O5. The zero-order valence-electron chi connectivity index (χ0n) is 14.2. The standard InChI is InChI=1S/C16H23N3O5.ClH/c1-10(2)15(17)16(21)19-8-14(20)18-5-6-22-11-3-4-12-13(7-11)24-9-23-12;/h3-4,7,10,15H,5-6,8-9,17H2,1-2H3,(H,18,20)(H,19,21);1H/t15-;/m0./s1. The summed E-state index contributed by atoms with van der Waals surface area (Å²) in [6.45, 7) is 4.41. The third-order valence-electron chi connectivity index (χ3n) is 3.48. The highest BCUT2D eigenvalue weighted by Gasteiger charge is 2.17. The van der Waals surface area contributed by atoms with Gasteiger partial charge in [0.1, 0.15) is 12.4 Å². The number of hydrogen-bond donors (Lipinski definition) is 3. The lowest BCUT2D eigenvalue weighted by molar-refractivity contribution is -0.127. The summed E-state index contributed by atoms with van der Waals surface area (Å²) in [5.74, 6) is 1.34. The van der Waals surface area contributed by atoms with Crippen molar-refractivity contribution < 1.29 is 23.8 Å². The summed E-state index contributed by atoms with van der Waals surface area (Å²) in [7, 11) is 0. The molecule has 2 amide bonds. The summed E-state index contributed by atoms with van der Waals surface area (Å²) in [5, 5.41) is 5.16. The molecule has 0 spiro atoms. The topological polar surface area (TPSA) is 112 Å². The van der Waals surface area contributed by atoms with Crippen LogP contribution >= 0.6 is 12.4 Å². The van der Waals surface area contributed by atoms with Crippen LogP contribution in [0.5, 0.6) is 17.2 Å². The van der Waals surface area contributed by atoms with Gasteiger partial charge < -0.3 is 30.6 Å². The van der Waals surface area contributed by atoms with Crippen LogP contribution in [0.25, 0.3) is 0 Å². The summed E-state index contributed by atoms with van der Waals surface area (Å²) < 4.78 is 16.0. The molecule has 25 heavy (non-hydrogen) atoms. The van der Waals surface area contributed by atoms with Gasteiger partial charge in [0.25, 0.3) is 0 Å². The lowest BCUT2D eigenvalue weighted by Crippen LogP contribution is -2.47. The van der Waals surface area contributed by atoms with E-state index >= 15 is 0 Å². The lowest BCUT2D eigenvalue weighted by atomic mass is 10.1. The Bertz CT molecular complexity index is 597. The van der Waals surface area contributed by atoms with Gasteiger partial charge >= 0.3 is 0 Å². The van der Waals surface area contributed by atoms with Crippen molar-refractivity contribution in [3.05, 3.63) is 18.2 Å². The first kappa shape index (κ1) is 20.9. The Balaban J connectivity index is 0.00000312. The predicted molar refractivity (Wildman–Crippen MR) is 94.1 cm³/mol. The second-order valence-corrected chi connectivity index (χ2v) is 5.70. The molecule has 1 aromatic rings. The Morgan fingerprint density at radius 3 is 2.68 bits per heavy atom. The summed E-state index contributed by atoms with van der Waals surface area (Å²) in [5.41, 5.74) is 5.69. The number of amides is 2. The minimum atomic E-state index is -0.618. The number of carbonyl (C=O) groups excluding carboxylic acids is 2. The molecule has 2 rings (SSSR count). The second-order valence-electron chi connectivity index (χ2n) is 5.70. The Morgan fingerprint density at radius 2 is 1.96 bits per heavy atom. The molecule has 0 saturated carbocycles. The van der Waals surface area contributed by atoms with Crippen LogP contribution in [-0.4, -0.2) is 44.3 Å². The van der Waals surface area contributed by atoms with Crippen LogP contribution in [0, 0.1) is 5.92 Å². The van der Waals surface area contributed by atoms with E-state index in [2.05, 4.69) is 10.6 Å². The highest BCUT2D eigenvalue weighted by atomic mass is 35.5. The van der Waals surface area contributed by atoms with Crippen molar-refractivity contribution in [3.8, 4) is 17.2 Å². The molecule has 0 radical (unpaired) electrons. The van der Waals surface area contributed by atoms with Crippen LogP contribution in [0.4, 0.5) is 0 Å². The molecule has 0 saturated heterocycles. The van der Waals surface area contributed by atoms with E-state index < -0.39 is 6.04 Å². The van der Waals surface area contributed by atoms with Gasteiger partial charge in [-0.2, -0.15) is 0 Å². The van der Waals surface area contributed by atoms with Crippen molar-refractivity contribution in [2.75, 3.05) is 26.5 Å². The summed E-state index contributed by atoms with van der Waals surface area (Å²) in [6.07, 6.45) is 0. The van der Waals surface area contributed by atoms with Gasteiger partial charge in [0.2, 0.25) is 18.6 Å². The van der Waals surface area contributed by atoms with Crippen molar-refractivity contribution in [2.45, 2.75) is 19.9 Å². The first-order chi connectivity index (χ1) is 11.5. The van der Waals surface area contributed by atoms with E-state index in [1.54, 1.807) is 18.2 Å². The van der Waals surface area contributed by atoms with Gasteiger partial charge in [-0.25, -0.2) is 0 Å². The number of ether oxygens (including phenoxy) is 3. The maximum atomic E-state index is 11.6. The quantitative estimate of drug-likeness (QED) is 0.570. The van der Waals surface area contributed by atoms with E-state index in [4.69, 9.17) is 19.9 Å². The highest BCUT2D eigenvalue weighted by molar-refractivity contribution is 5.87. The van der Waals surface area contributed by atoms with E-state index in [1.807, 2.05) is 13.8 Å². The number of benzene rings is 1. The minimum Gasteiger partial charge on any atom is -0.492 e. The lowest BCUT2D eigenvalue weighted by Gasteiger charge is -2.15. The molecule has 0 fully saturated rings. The normalized spacial score (nSPS) is 13.0. The maximum Gasteiger partial charge on any atom is 0.239 e. The molecular weight excluding hydrogens is 350 g/mol.